The molecule has 2 aromatic rings. The highest BCUT2D eigenvalue weighted by Gasteiger charge is 2.20. The van der Waals surface area contributed by atoms with Gasteiger partial charge in [-0.2, -0.15) is 0 Å². The predicted molar refractivity (Wildman–Crippen MR) is 69.5 cm³/mol. The molecule has 0 saturated heterocycles. The molecule has 92 valence electrons. The Hall–Kier alpha value is -1.74. The van der Waals surface area contributed by atoms with E-state index in [2.05, 4.69) is 10.3 Å². The molecule has 2 nitrogen and oxygen atoms in total. The lowest BCUT2D eigenvalue weighted by atomic mass is 10.0. The molecule has 1 heterocycles. The maximum atomic E-state index is 13.4. The van der Waals surface area contributed by atoms with Crippen LogP contribution in [0.5, 0.6) is 0 Å². The van der Waals surface area contributed by atoms with E-state index < -0.39 is 0 Å². The SMILES string of the molecule is Fc1ccc(-c2ccccn2)c(CNC2CC2)c1. The predicted octanol–water partition coefficient (Wildman–Crippen LogP) is 3.14. The third kappa shape index (κ3) is 2.57. The van der Waals surface area contributed by atoms with Crippen LogP contribution in [0, 0.1) is 5.82 Å². The van der Waals surface area contributed by atoms with Crippen LogP contribution in [-0.2, 0) is 6.54 Å². The summed E-state index contributed by atoms with van der Waals surface area (Å²) in [6, 6.07) is 11.3. The Morgan fingerprint density at radius 2 is 2.11 bits per heavy atom. The molecule has 1 aromatic heterocycles. The molecule has 0 atom stereocenters. The van der Waals surface area contributed by atoms with E-state index in [1.54, 1.807) is 12.3 Å². The number of benzene rings is 1. The molecule has 3 rings (SSSR count). The maximum absolute atomic E-state index is 13.4. The van der Waals surface area contributed by atoms with Crippen molar-refractivity contribution in [3.05, 3.63) is 54.0 Å². The molecule has 0 aliphatic heterocycles. The van der Waals surface area contributed by atoms with Gasteiger partial charge in [0.25, 0.3) is 0 Å². The van der Waals surface area contributed by atoms with Crippen LogP contribution in [0.25, 0.3) is 11.3 Å². The minimum absolute atomic E-state index is 0.192. The molecule has 0 radical (unpaired) electrons. The smallest absolute Gasteiger partial charge is 0.123 e. The second-order valence-corrected chi connectivity index (χ2v) is 4.67. The number of aromatic nitrogens is 1. The van der Waals surface area contributed by atoms with Crippen molar-refractivity contribution < 1.29 is 4.39 Å². The van der Waals surface area contributed by atoms with Crippen LogP contribution >= 0.6 is 0 Å². The van der Waals surface area contributed by atoms with Crippen LogP contribution in [0.1, 0.15) is 18.4 Å². The summed E-state index contributed by atoms with van der Waals surface area (Å²) < 4.78 is 13.4. The van der Waals surface area contributed by atoms with Gasteiger partial charge < -0.3 is 5.32 Å². The number of hydrogen-bond acceptors (Lipinski definition) is 2. The van der Waals surface area contributed by atoms with Gasteiger partial charge in [-0.3, -0.25) is 4.98 Å². The minimum Gasteiger partial charge on any atom is -0.310 e. The summed E-state index contributed by atoms with van der Waals surface area (Å²) in [6.45, 7) is 0.703. The van der Waals surface area contributed by atoms with Crippen molar-refractivity contribution in [2.75, 3.05) is 0 Å². The molecular formula is C15H15FN2. The average Bonchev–Trinajstić information content (AvgIpc) is 3.21. The molecule has 18 heavy (non-hydrogen) atoms. The summed E-state index contributed by atoms with van der Waals surface area (Å²) in [5, 5.41) is 3.42. The van der Waals surface area contributed by atoms with Gasteiger partial charge in [0.2, 0.25) is 0 Å². The first-order valence-corrected chi connectivity index (χ1v) is 6.26. The number of pyridine rings is 1. The third-order valence-corrected chi connectivity index (χ3v) is 3.17. The number of halogens is 1. The lowest BCUT2D eigenvalue weighted by Gasteiger charge is -2.10. The van der Waals surface area contributed by atoms with Crippen molar-refractivity contribution in [3.8, 4) is 11.3 Å². The zero-order valence-electron chi connectivity index (χ0n) is 10.1. The van der Waals surface area contributed by atoms with Crippen LogP contribution in [0.15, 0.2) is 42.6 Å². The lowest BCUT2D eigenvalue weighted by molar-refractivity contribution is 0.620. The van der Waals surface area contributed by atoms with E-state index in [0.29, 0.717) is 12.6 Å². The van der Waals surface area contributed by atoms with Crippen LogP contribution in [0.4, 0.5) is 4.39 Å². The first-order chi connectivity index (χ1) is 8.83. The highest BCUT2D eigenvalue weighted by Crippen LogP contribution is 2.24. The van der Waals surface area contributed by atoms with Gasteiger partial charge in [-0.15, -0.1) is 0 Å². The van der Waals surface area contributed by atoms with Gasteiger partial charge in [0.1, 0.15) is 5.82 Å². The van der Waals surface area contributed by atoms with Gasteiger partial charge in [0, 0.05) is 24.3 Å². The van der Waals surface area contributed by atoms with E-state index in [9.17, 15) is 4.39 Å². The summed E-state index contributed by atoms with van der Waals surface area (Å²) in [6.07, 6.45) is 4.22. The Kier molecular flexibility index (Phi) is 3.07. The average molecular weight is 242 g/mol. The van der Waals surface area contributed by atoms with Gasteiger partial charge in [-0.05, 0) is 48.7 Å². The topological polar surface area (TPSA) is 24.9 Å². The van der Waals surface area contributed by atoms with Crippen molar-refractivity contribution in [2.24, 2.45) is 0 Å². The Bertz CT molecular complexity index is 535. The quantitative estimate of drug-likeness (QED) is 0.891. The molecule has 1 aromatic carbocycles. The van der Waals surface area contributed by atoms with Crippen molar-refractivity contribution in [1.82, 2.24) is 10.3 Å². The van der Waals surface area contributed by atoms with Gasteiger partial charge in [-0.25, -0.2) is 4.39 Å². The summed E-state index contributed by atoms with van der Waals surface area (Å²) in [5.74, 6) is -0.192. The minimum atomic E-state index is -0.192. The molecule has 3 heteroatoms. The summed E-state index contributed by atoms with van der Waals surface area (Å²) in [5.41, 5.74) is 2.87. The number of nitrogens with one attached hydrogen (secondary N) is 1. The molecule has 1 aliphatic rings. The van der Waals surface area contributed by atoms with Gasteiger partial charge in [0.05, 0.1) is 5.69 Å². The third-order valence-electron chi connectivity index (χ3n) is 3.17. The number of rotatable bonds is 4. The van der Waals surface area contributed by atoms with E-state index in [-0.39, 0.29) is 5.82 Å². The fraction of sp³-hybridized carbons (Fsp3) is 0.267. The number of nitrogens with zero attached hydrogens (tertiary/aromatic N) is 1. The van der Waals surface area contributed by atoms with Gasteiger partial charge >= 0.3 is 0 Å². The van der Waals surface area contributed by atoms with E-state index >= 15 is 0 Å². The number of hydrogen-bond donors (Lipinski definition) is 1. The van der Waals surface area contributed by atoms with Crippen LogP contribution in [-0.4, -0.2) is 11.0 Å². The van der Waals surface area contributed by atoms with E-state index in [1.807, 2.05) is 24.3 Å². The molecule has 1 saturated carbocycles. The van der Waals surface area contributed by atoms with Gasteiger partial charge in [0.15, 0.2) is 0 Å². The first kappa shape index (κ1) is 11.4. The molecular weight excluding hydrogens is 227 g/mol. The fourth-order valence-electron chi connectivity index (χ4n) is 2.02. The molecule has 1 N–H and O–H groups in total. The van der Waals surface area contributed by atoms with Crippen molar-refractivity contribution in [1.29, 1.82) is 0 Å². The molecule has 0 unspecified atom stereocenters. The highest BCUT2D eigenvalue weighted by molar-refractivity contribution is 5.63. The molecule has 0 bridgehead atoms. The van der Waals surface area contributed by atoms with Crippen LogP contribution in [0.3, 0.4) is 0 Å². The maximum Gasteiger partial charge on any atom is 0.123 e. The summed E-state index contributed by atoms with van der Waals surface area (Å²) in [4.78, 5) is 4.33. The largest absolute Gasteiger partial charge is 0.310 e. The van der Waals surface area contributed by atoms with Crippen molar-refractivity contribution in [2.45, 2.75) is 25.4 Å². The highest BCUT2D eigenvalue weighted by atomic mass is 19.1. The Balaban J connectivity index is 1.91. The van der Waals surface area contributed by atoms with E-state index in [4.69, 9.17) is 0 Å². The molecule has 0 spiro atoms. The van der Waals surface area contributed by atoms with E-state index in [1.165, 1.54) is 18.9 Å². The standard InChI is InChI=1S/C15H15FN2/c16-12-4-7-14(15-3-1-2-8-17-15)11(9-12)10-18-13-5-6-13/h1-4,7-9,13,18H,5-6,10H2. The normalized spacial score (nSPS) is 14.7. The lowest BCUT2D eigenvalue weighted by Crippen LogP contribution is -2.16. The van der Waals surface area contributed by atoms with Crippen molar-refractivity contribution >= 4 is 0 Å². The fourth-order valence-corrected chi connectivity index (χ4v) is 2.02. The summed E-state index contributed by atoms with van der Waals surface area (Å²) >= 11 is 0. The molecule has 1 fully saturated rings. The zero-order chi connectivity index (χ0) is 12.4. The second kappa shape index (κ2) is 4.86. The second-order valence-electron chi connectivity index (χ2n) is 4.67. The van der Waals surface area contributed by atoms with Gasteiger partial charge in [-0.1, -0.05) is 6.07 Å². The molecule has 1 aliphatic carbocycles. The Morgan fingerprint density at radius 1 is 1.22 bits per heavy atom. The zero-order valence-corrected chi connectivity index (χ0v) is 10.1. The van der Waals surface area contributed by atoms with E-state index in [0.717, 1.165) is 16.8 Å². The first-order valence-electron chi connectivity index (χ1n) is 6.26. The summed E-state index contributed by atoms with van der Waals surface area (Å²) in [7, 11) is 0. The monoisotopic (exact) mass is 242 g/mol. The Labute approximate surface area is 106 Å². The Morgan fingerprint density at radius 3 is 2.83 bits per heavy atom. The van der Waals surface area contributed by atoms with Crippen molar-refractivity contribution in [3.63, 3.8) is 0 Å². The van der Waals surface area contributed by atoms with Crippen LogP contribution in [0.2, 0.25) is 0 Å². The van der Waals surface area contributed by atoms with Crippen LogP contribution < -0.4 is 5.32 Å². The molecule has 0 amide bonds.